The lowest BCUT2D eigenvalue weighted by atomic mass is 10.1. The van der Waals surface area contributed by atoms with Crippen LogP contribution in [0.4, 0.5) is 0 Å². The number of carbonyl (C=O) groups excluding carboxylic acids is 1. The number of ether oxygens (including phenoxy) is 1. The van der Waals surface area contributed by atoms with E-state index in [2.05, 4.69) is 5.32 Å². The van der Waals surface area contributed by atoms with Crippen molar-refractivity contribution in [1.29, 1.82) is 0 Å². The first-order chi connectivity index (χ1) is 9.70. The SMILES string of the molecule is CNCC(=O)c1ccc(OCc2ccccc2)c(C)c1. The van der Waals surface area contributed by atoms with Gasteiger partial charge in [-0.05, 0) is 43.3 Å². The largest absolute Gasteiger partial charge is 0.489 e. The number of carbonyl (C=O) groups is 1. The molecule has 1 N–H and O–H groups in total. The Bertz CT molecular complexity index is 579. The van der Waals surface area contributed by atoms with Crippen molar-refractivity contribution >= 4 is 5.78 Å². The fraction of sp³-hybridized carbons (Fsp3) is 0.235. The Hall–Kier alpha value is -2.13. The Morgan fingerprint density at radius 3 is 2.55 bits per heavy atom. The zero-order chi connectivity index (χ0) is 14.4. The molecule has 104 valence electrons. The van der Waals surface area contributed by atoms with E-state index in [1.165, 1.54) is 0 Å². The molecule has 20 heavy (non-hydrogen) atoms. The van der Waals surface area contributed by atoms with E-state index >= 15 is 0 Å². The van der Waals surface area contributed by atoms with Gasteiger partial charge in [-0.25, -0.2) is 0 Å². The van der Waals surface area contributed by atoms with Crippen molar-refractivity contribution in [3.8, 4) is 5.75 Å². The molecule has 0 fully saturated rings. The lowest BCUT2D eigenvalue weighted by Gasteiger charge is -2.10. The minimum Gasteiger partial charge on any atom is -0.489 e. The molecule has 2 aromatic rings. The van der Waals surface area contributed by atoms with Crippen LogP contribution in [-0.2, 0) is 6.61 Å². The highest BCUT2D eigenvalue weighted by Crippen LogP contribution is 2.20. The molecule has 0 aliphatic carbocycles. The lowest BCUT2D eigenvalue weighted by molar-refractivity contribution is 0.0993. The number of nitrogens with one attached hydrogen (secondary N) is 1. The van der Waals surface area contributed by atoms with Gasteiger partial charge in [0.2, 0.25) is 0 Å². The molecule has 0 spiro atoms. The van der Waals surface area contributed by atoms with E-state index in [1.807, 2.05) is 55.5 Å². The summed E-state index contributed by atoms with van der Waals surface area (Å²) in [5.74, 6) is 0.903. The number of likely N-dealkylation sites (N-methyl/N-ethyl adjacent to an activating group) is 1. The number of hydrogen-bond acceptors (Lipinski definition) is 3. The van der Waals surface area contributed by atoms with Crippen LogP contribution in [0.15, 0.2) is 48.5 Å². The molecule has 0 radical (unpaired) electrons. The highest BCUT2D eigenvalue weighted by Gasteiger charge is 2.07. The molecular formula is C17H19NO2. The van der Waals surface area contributed by atoms with Crippen molar-refractivity contribution in [2.24, 2.45) is 0 Å². The average molecular weight is 269 g/mol. The highest BCUT2D eigenvalue weighted by atomic mass is 16.5. The summed E-state index contributed by atoms with van der Waals surface area (Å²) in [5.41, 5.74) is 2.81. The lowest BCUT2D eigenvalue weighted by Crippen LogP contribution is -2.18. The second kappa shape index (κ2) is 6.87. The standard InChI is InChI=1S/C17H19NO2/c1-13-10-15(16(19)11-18-2)8-9-17(13)20-12-14-6-4-3-5-7-14/h3-10,18H,11-12H2,1-2H3. The van der Waals surface area contributed by atoms with Crippen LogP contribution >= 0.6 is 0 Å². The molecule has 0 unspecified atom stereocenters. The molecule has 3 nitrogen and oxygen atoms in total. The van der Waals surface area contributed by atoms with Crippen molar-refractivity contribution in [2.45, 2.75) is 13.5 Å². The summed E-state index contributed by atoms with van der Waals surface area (Å²) in [4.78, 5) is 11.8. The monoisotopic (exact) mass is 269 g/mol. The Labute approximate surface area is 119 Å². The topological polar surface area (TPSA) is 38.3 Å². The molecule has 0 bridgehead atoms. The van der Waals surface area contributed by atoms with Crippen molar-refractivity contribution in [3.05, 3.63) is 65.2 Å². The van der Waals surface area contributed by atoms with Crippen LogP contribution in [0.1, 0.15) is 21.5 Å². The van der Waals surface area contributed by atoms with Gasteiger partial charge < -0.3 is 10.1 Å². The molecule has 3 heteroatoms. The number of benzene rings is 2. The predicted octanol–water partition coefficient (Wildman–Crippen LogP) is 2.98. The third kappa shape index (κ3) is 3.68. The molecule has 0 saturated carbocycles. The van der Waals surface area contributed by atoms with Crippen LogP contribution in [0.25, 0.3) is 0 Å². The van der Waals surface area contributed by atoms with Crippen LogP contribution in [0.5, 0.6) is 5.75 Å². The number of ketones is 1. The second-order valence-corrected chi connectivity index (χ2v) is 4.71. The van der Waals surface area contributed by atoms with Gasteiger partial charge >= 0.3 is 0 Å². The normalized spacial score (nSPS) is 10.3. The molecule has 0 aromatic heterocycles. The van der Waals surface area contributed by atoms with E-state index in [4.69, 9.17) is 4.74 Å². The number of rotatable bonds is 6. The van der Waals surface area contributed by atoms with E-state index in [1.54, 1.807) is 7.05 Å². The number of aryl methyl sites for hydroxylation is 1. The van der Waals surface area contributed by atoms with Gasteiger partial charge in [0.15, 0.2) is 5.78 Å². The van der Waals surface area contributed by atoms with Gasteiger partial charge in [-0.3, -0.25) is 4.79 Å². The summed E-state index contributed by atoms with van der Waals surface area (Å²) in [5, 5.41) is 2.87. The van der Waals surface area contributed by atoms with E-state index < -0.39 is 0 Å². The molecule has 0 saturated heterocycles. The summed E-state index contributed by atoms with van der Waals surface area (Å²) in [7, 11) is 1.77. The van der Waals surface area contributed by atoms with Crippen molar-refractivity contribution in [2.75, 3.05) is 13.6 Å². The van der Waals surface area contributed by atoms with Crippen LogP contribution < -0.4 is 10.1 Å². The van der Waals surface area contributed by atoms with Crippen LogP contribution in [-0.4, -0.2) is 19.4 Å². The van der Waals surface area contributed by atoms with Crippen molar-refractivity contribution in [3.63, 3.8) is 0 Å². The Morgan fingerprint density at radius 1 is 1.15 bits per heavy atom. The molecular weight excluding hydrogens is 250 g/mol. The number of Topliss-reactive ketones (excluding diaryl/α,β-unsaturated/α-hetero) is 1. The Balaban J connectivity index is 2.04. The highest BCUT2D eigenvalue weighted by molar-refractivity contribution is 5.97. The number of hydrogen-bond donors (Lipinski definition) is 1. The van der Waals surface area contributed by atoms with E-state index in [-0.39, 0.29) is 5.78 Å². The minimum atomic E-state index is 0.0882. The van der Waals surface area contributed by atoms with Gasteiger partial charge in [-0.2, -0.15) is 0 Å². The third-order valence-electron chi connectivity index (χ3n) is 3.07. The molecule has 0 heterocycles. The van der Waals surface area contributed by atoms with Crippen molar-refractivity contribution < 1.29 is 9.53 Å². The van der Waals surface area contributed by atoms with Gasteiger partial charge in [0.25, 0.3) is 0 Å². The first kappa shape index (κ1) is 14.3. The smallest absolute Gasteiger partial charge is 0.176 e. The van der Waals surface area contributed by atoms with Gasteiger partial charge in [-0.1, -0.05) is 30.3 Å². The van der Waals surface area contributed by atoms with Crippen molar-refractivity contribution in [1.82, 2.24) is 5.32 Å². The first-order valence-electron chi connectivity index (χ1n) is 6.66. The van der Waals surface area contributed by atoms with E-state index in [0.717, 1.165) is 16.9 Å². The summed E-state index contributed by atoms with van der Waals surface area (Å²) in [6, 6.07) is 15.6. The summed E-state index contributed by atoms with van der Waals surface area (Å²) in [6.45, 7) is 2.84. The minimum absolute atomic E-state index is 0.0882. The molecule has 0 atom stereocenters. The summed E-state index contributed by atoms with van der Waals surface area (Å²) >= 11 is 0. The summed E-state index contributed by atoms with van der Waals surface area (Å²) in [6.07, 6.45) is 0. The van der Waals surface area contributed by atoms with Gasteiger partial charge in [0.05, 0.1) is 6.54 Å². The quantitative estimate of drug-likeness (QED) is 0.819. The zero-order valence-corrected chi connectivity index (χ0v) is 11.8. The predicted molar refractivity (Wildman–Crippen MR) is 80.2 cm³/mol. The molecule has 0 aliphatic heterocycles. The molecule has 0 amide bonds. The maximum absolute atomic E-state index is 11.8. The molecule has 2 rings (SSSR count). The molecule has 2 aromatic carbocycles. The van der Waals surface area contributed by atoms with Gasteiger partial charge in [0, 0.05) is 5.56 Å². The maximum Gasteiger partial charge on any atom is 0.176 e. The maximum atomic E-state index is 11.8. The first-order valence-corrected chi connectivity index (χ1v) is 6.66. The second-order valence-electron chi connectivity index (χ2n) is 4.71. The fourth-order valence-corrected chi connectivity index (χ4v) is 1.98. The average Bonchev–Trinajstić information content (AvgIpc) is 2.47. The molecule has 0 aliphatic rings. The van der Waals surface area contributed by atoms with Crippen LogP contribution in [0.2, 0.25) is 0 Å². The fourth-order valence-electron chi connectivity index (χ4n) is 1.98. The summed E-state index contributed by atoms with van der Waals surface area (Å²) < 4.78 is 5.79. The van der Waals surface area contributed by atoms with E-state index in [0.29, 0.717) is 18.7 Å². The van der Waals surface area contributed by atoms with Gasteiger partial charge in [-0.15, -0.1) is 0 Å². The Morgan fingerprint density at radius 2 is 1.90 bits per heavy atom. The third-order valence-corrected chi connectivity index (χ3v) is 3.07. The van der Waals surface area contributed by atoms with Crippen LogP contribution in [0.3, 0.4) is 0 Å². The van der Waals surface area contributed by atoms with Crippen LogP contribution in [0, 0.1) is 6.92 Å². The van der Waals surface area contributed by atoms with E-state index in [9.17, 15) is 4.79 Å². The Kier molecular flexibility index (Phi) is 4.91. The van der Waals surface area contributed by atoms with Gasteiger partial charge in [0.1, 0.15) is 12.4 Å². The zero-order valence-electron chi connectivity index (χ0n) is 11.8.